The normalized spacial score (nSPS) is 15.3. The summed E-state index contributed by atoms with van der Waals surface area (Å²) in [6.45, 7) is 0. The van der Waals surface area contributed by atoms with Crippen LogP contribution in [0.1, 0.15) is 6.42 Å². The van der Waals surface area contributed by atoms with Gasteiger partial charge in [-0.25, -0.2) is 4.98 Å². The molecule has 6 nitrogen and oxygen atoms in total. The number of nitrogens with two attached hydrogens (primary N) is 1. The van der Waals surface area contributed by atoms with Gasteiger partial charge >= 0.3 is 0 Å². The first-order valence-electron chi connectivity index (χ1n) is 5.49. The van der Waals surface area contributed by atoms with Crippen molar-refractivity contribution in [3.05, 3.63) is 52.1 Å². The van der Waals surface area contributed by atoms with E-state index in [2.05, 4.69) is 44.2 Å². The van der Waals surface area contributed by atoms with Crippen molar-refractivity contribution in [1.29, 1.82) is 0 Å². The molecular formula is C12H11N5O. The van der Waals surface area contributed by atoms with E-state index in [1.165, 1.54) is 23.9 Å². The molecule has 0 saturated carbocycles. The summed E-state index contributed by atoms with van der Waals surface area (Å²) in [5.41, 5.74) is 8.58. The number of nitrogens with one attached hydrogen (secondary N) is 2. The lowest BCUT2D eigenvalue weighted by atomic mass is 10.3. The summed E-state index contributed by atoms with van der Waals surface area (Å²) in [5.74, 6) is 0.0783. The summed E-state index contributed by atoms with van der Waals surface area (Å²) in [5, 5.41) is 0. The van der Waals surface area contributed by atoms with Crippen LogP contribution in [0.2, 0.25) is 0 Å². The molecule has 0 saturated heterocycles. The number of anilines is 1. The maximum Gasteiger partial charge on any atom is 0.278 e. The quantitative estimate of drug-likeness (QED) is 0.641. The molecule has 0 atom stereocenters. The van der Waals surface area contributed by atoms with Crippen molar-refractivity contribution in [2.75, 3.05) is 5.73 Å². The summed E-state index contributed by atoms with van der Waals surface area (Å²) in [4.78, 5) is 23.5. The summed E-state index contributed by atoms with van der Waals surface area (Å²) < 4.78 is 0. The van der Waals surface area contributed by atoms with E-state index in [0.29, 0.717) is 11.2 Å². The maximum atomic E-state index is 11.0. The van der Waals surface area contributed by atoms with Crippen molar-refractivity contribution < 1.29 is 0 Å². The predicted molar refractivity (Wildman–Crippen MR) is 68.8 cm³/mol. The van der Waals surface area contributed by atoms with Crippen LogP contribution in [-0.4, -0.2) is 19.9 Å². The molecule has 2 bridgehead atoms. The monoisotopic (exact) mass is 241 g/mol. The van der Waals surface area contributed by atoms with Crippen LogP contribution >= 0.6 is 0 Å². The highest BCUT2D eigenvalue weighted by Crippen LogP contribution is 2.27. The van der Waals surface area contributed by atoms with Gasteiger partial charge in [0.15, 0.2) is 11.2 Å². The zero-order chi connectivity index (χ0) is 12.5. The van der Waals surface area contributed by atoms with Crippen LogP contribution in [0.4, 0.5) is 5.95 Å². The Bertz CT molecular complexity index is 727. The van der Waals surface area contributed by atoms with E-state index >= 15 is 0 Å². The minimum absolute atomic E-state index is 0.0783. The Kier molecular flexibility index (Phi) is 2.33. The highest BCUT2D eigenvalue weighted by atomic mass is 16.1. The second kappa shape index (κ2) is 3.99. The Morgan fingerprint density at radius 1 is 1.22 bits per heavy atom. The van der Waals surface area contributed by atoms with Gasteiger partial charge in [0, 0.05) is 0 Å². The Morgan fingerprint density at radius 3 is 2.50 bits per heavy atom. The molecule has 6 heteroatoms. The van der Waals surface area contributed by atoms with Gasteiger partial charge in [0.05, 0.1) is 6.33 Å². The van der Waals surface area contributed by atoms with E-state index in [1.54, 1.807) is 0 Å². The number of hydrogen-bond acceptors (Lipinski definition) is 4. The lowest BCUT2D eigenvalue weighted by Crippen LogP contribution is -2.10. The molecule has 0 unspecified atom stereocenters. The van der Waals surface area contributed by atoms with Crippen LogP contribution < -0.4 is 11.3 Å². The second-order valence-corrected chi connectivity index (χ2v) is 4.05. The van der Waals surface area contributed by atoms with Crippen LogP contribution in [0, 0.1) is 0 Å². The number of allylic oxidation sites excluding steroid dienone is 6. The first-order valence-corrected chi connectivity index (χ1v) is 5.49. The van der Waals surface area contributed by atoms with Crippen LogP contribution in [0.15, 0.2) is 46.6 Å². The number of hydrogen-bond donors (Lipinski definition) is 3. The molecule has 4 N–H and O–H groups in total. The van der Waals surface area contributed by atoms with Gasteiger partial charge in [-0.3, -0.25) is 9.78 Å². The summed E-state index contributed by atoms with van der Waals surface area (Å²) >= 11 is 0. The number of imidazole rings is 1. The van der Waals surface area contributed by atoms with Gasteiger partial charge in [-0.1, -0.05) is 24.3 Å². The van der Waals surface area contributed by atoms with Crippen molar-refractivity contribution >= 4 is 17.1 Å². The van der Waals surface area contributed by atoms with Gasteiger partial charge in [0.2, 0.25) is 5.95 Å². The Balaban J connectivity index is 0.000000122. The average molecular weight is 241 g/mol. The third-order valence-corrected chi connectivity index (χ3v) is 2.75. The molecule has 0 amide bonds. The number of H-pyrrole nitrogens is 2. The number of rotatable bonds is 0. The minimum atomic E-state index is -0.301. The number of aromatic amines is 2. The maximum absolute atomic E-state index is 11.0. The van der Waals surface area contributed by atoms with Crippen molar-refractivity contribution in [2.24, 2.45) is 0 Å². The van der Waals surface area contributed by atoms with E-state index in [0.717, 1.165) is 0 Å². The van der Waals surface area contributed by atoms with Crippen LogP contribution in [0.25, 0.3) is 11.2 Å². The first kappa shape index (κ1) is 10.5. The standard InChI is InChI=1S/C7H6.C5H5N5O/c1-2-7-4-3-6(1)5-7;6-5-9-3-2(4(11)10-5)7-1-8-3/h1-4H,5H2;1H,(H4,6,7,8,9,10,11). The zero-order valence-corrected chi connectivity index (χ0v) is 9.47. The lowest BCUT2D eigenvalue weighted by Gasteiger charge is -1.89. The fourth-order valence-electron chi connectivity index (χ4n) is 1.87. The number of nitrogen functional groups attached to an aromatic ring is 1. The minimum Gasteiger partial charge on any atom is -0.369 e. The van der Waals surface area contributed by atoms with Crippen LogP contribution in [0.5, 0.6) is 0 Å². The van der Waals surface area contributed by atoms with Crippen LogP contribution in [-0.2, 0) is 0 Å². The highest BCUT2D eigenvalue weighted by molar-refractivity contribution is 5.69. The molecule has 0 aromatic carbocycles. The Morgan fingerprint density at radius 2 is 1.94 bits per heavy atom. The molecule has 2 aromatic rings. The first-order chi connectivity index (χ1) is 8.72. The average Bonchev–Trinajstić information content (AvgIpc) is 3.05. The Labute approximate surface area is 102 Å². The van der Waals surface area contributed by atoms with E-state index in [-0.39, 0.29) is 11.5 Å². The van der Waals surface area contributed by atoms with Gasteiger partial charge in [0.25, 0.3) is 5.56 Å². The van der Waals surface area contributed by atoms with Gasteiger partial charge < -0.3 is 10.7 Å². The topological polar surface area (TPSA) is 100 Å². The third-order valence-electron chi connectivity index (χ3n) is 2.75. The molecule has 0 spiro atoms. The molecule has 4 rings (SSSR count). The smallest absolute Gasteiger partial charge is 0.278 e. The molecule has 0 aliphatic heterocycles. The number of nitrogens with zero attached hydrogens (tertiary/aromatic N) is 2. The summed E-state index contributed by atoms with van der Waals surface area (Å²) in [6.07, 6.45) is 11.3. The SMILES string of the molecule is C1=CC2=CC=C1C2.Nc1nc2nc[nH]c2c(=O)[nH]1. The zero-order valence-electron chi connectivity index (χ0n) is 9.47. The fraction of sp³-hybridized carbons (Fsp3) is 0.0833. The molecule has 2 heterocycles. The van der Waals surface area contributed by atoms with Gasteiger partial charge in [-0.2, -0.15) is 4.98 Å². The summed E-state index contributed by atoms with van der Waals surface area (Å²) in [6, 6.07) is 0. The van der Waals surface area contributed by atoms with Crippen molar-refractivity contribution in [1.82, 2.24) is 19.9 Å². The predicted octanol–water partition coefficient (Wildman–Crippen LogP) is 1.04. The van der Waals surface area contributed by atoms with Crippen molar-refractivity contribution in [3.8, 4) is 0 Å². The molecule has 0 fully saturated rings. The number of fused-ring (bicyclic) bond motifs is 3. The molecule has 0 radical (unpaired) electrons. The lowest BCUT2D eigenvalue weighted by molar-refractivity contribution is 1.17. The molecule has 18 heavy (non-hydrogen) atoms. The van der Waals surface area contributed by atoms with E-state index in [4.69, 9.17) is 5.73 Å². The van der Waals surface area contributed by atoms with Crippen molar-refractivity contribution in [2.45, 2.75) is 6.42 Å². The summed E-state index contributed by atoms with van der Waals surface area (Å²) in [7, 11) is 0. The van der Waals surface area contributed by atoms with E-state index in [9.17, 15) is 4.79 Å². The Hall–Kier alpha value is -2.63. The highest BCUT2D eigenvalue weighted by Gasteiger charge is 2.07. The van der Waals surface area contributed by atoms with Crippen LogP contribution in [0.3, 0.4) is 0 Å². The van der Waals surface area contributed by atoms with Gasteiger partial charge in [0.1, 0.15) is 0 Å². The molecule has 2 aromatic heterocycles. The van der Waals surface area contributed by atoms with E-state index in [1.807, 2.05) is 0 Å². The fourth-order valence-corrected chi connectivity index (χ4v) is 1.87. The molecule has 2 aliphatic rings. The molecular weight excluding hydrogens is 230 g/mol. The largest absolute Gasteiger partial charge is 0.369 e. The third kappa shape index (κ3) is 1.84. The molecule has 2 aliphatic carbocycles. The van der Waals surface area contributed by atoms with E-state index < -0.39 is 0 Å². The second-order valence-electron chi connectivity index (χ2n) is 4.05. The van der Waals surface area contributed by atoms with Gasteiger partial charge in [-0.05, 0) is 17.6 Å². The van der Waals surface area contributed by atoms with Gasteiger partial charge in [-0.15, -0.1) is 0 Å². The van der Waals surface area contributed by atoms with Crippen molar-refractivity contribution in [3.63, 3.8) is 0 Å². The molecule has 90 valence electrons. The number of aromatic nitrogens is 4.